The van der Waals surface area contributed by atoms with Gasteiger partial charge in [0.2, 0.25) is 0 Å². The van der Waals surface area contributed by atoms with Crippen LogP contribution in [0.5, 0.6) is 0 Å². The van der Waals surface area contributed by atoms with Crippen molar-refractivity contribution < 1.29 is 13.3 Å². The van der Waals surface area contributed by atoms with Crippen LogP contribution in [-0.2, 0) is 16.4 Å². The average molecular weight is 298 g/mol. The molecule has 0 fully saturated rings. The molecule has 7 nitrogen and oxygen atoms in total. The molecule has 0 amide bonds. The lowest BCUT2D eigenvalue weighted by atomic mass is 10.6. The van der Waals surface area contributed by atoms with Crippen molar-refractivity contribution in [2.24, 2.45) is 0 Å². The Labute approximate surface area is 94.3 Å². The van der Waals surface area contributed by atoms with Crippen LogP contribution in [0.15, 0.2) is 10.7 Å². The Balaban J connectivity index is 2.81. The van der Waals surface area contributed by atoms with Crippen LogP contribution in [0.4, 0.5) is 5.82 Å². The number of hydrogen-bond acceptors (Lipinski definition) is 5. The summed E-state index contributed by atoms with van der Waals surface area (Å²) in [6.45, 7) is 0.102. The van der Waals surface area contributed by atoms with Crippen molar-refractivity contribution in [1.82, 2.24) is 9.78 Å². The first-order valence-corrected chi connectivity index (χ1v) is 6.70. The van der Waals surface area contributed by atoms with Gasteiger partial charge >= 0.3 is 5.82 Å². The second-order valence-corrected chi connectivity index (χ2v) is 6.06. The summed E-state index contributed by atoms with van der Waals surface area (Å²) in [7, 11) is -3.09. The number of halogens is 1. The molecule has 0 spiro atoms. The Hall–Kier alpha value is -0.960. The second-order valence-electron chi connectivity index (χ2n) is 2.95. The van der Waals surface area contributed by atoms with Crippen LogP contribution in [0.25, 0.3) is 0 Å². The molecule has 0 saturated carbocycles. The van der Waals surface area contributed by atoms with Crippen LogP contribution in [0.3, 0.4) is 0 Å². The Morgan fingerprint density at radius 1 is 1.67 bits per heavy atom. The minimum Gasteiger partial charge on any atom is -0.358 e. The summed E-state index contributed by atoms with van der Waals surface area (Å²) in [6, 6.07) is 0. The highest BCUT2D eigenvalue weighted by molar-refractivity contribution is 9.10. The van der Waals surface area contributed by atoms with E-state index < -0.39 is 14.8 Å². The summed E-state index contributed by atoms with van der Waals surface area (Å²) >= 11 is 2.96. The number of aromatic nitrogens is 2. The third-order valence-corrected chi connectivity index (χ3v) is 3.05. The van der Waals surface area contributed by atoms with Gasteiger partial charge in [-0.15, -0.1) is 0 Å². The molecular formula is C6H8BrN3O4S. The van der Waals surface area contributed by atoms with Crippen LogP contribution in [0.1, 0.15) is 0 Å². The van der Waals surface area contributed by atoms with Crippen LogP contribution < -0.4 is 0 Å². The van der Waals surface area contributed by atoms with Gasteiger partial charge in [-0.05, 0) is 20.9 Å². The number of hydrogen-bond donors (Lipinski definition) is 0. The number of sulfone groups is 1. The Morgan fingerprint density at radius 2 is 2.27 bits per heavy atom. The first-order valence-electron chi connectivity index (χ1n) is 3.84. The molecular weight excluding hydrogens is 290 g/mol. The molecule has 1 heterocycles. The van der Waals surface area contributed by atoms with Crippen molar-refractivity contribution in [3.63, 3.8) is 0 Å². The maximum Gasteiger partial charge on any atom is 0.404 e. The van der Waals surface area contributed by atoms with Crippen molar-refractivity contribution in [3.05, 3.63) is 20.8 Å². The molecule has 0 aliphatic carbocycles. The monoisotopic (exact) mass is 297 g/mol. The molecule has 0 atom stereocenters. The summed E-state index contributed by atoms with van der Waals surface area (Å²) in [6.07, 6.45) is 2.48. The standard InChI is InChI=1S/C6H8BrN3O4S/c1-15(13,14)3-2-9-4-5(7)6(8-9)10(11)12/h4H,2-3H2,1H3. The van der Waals surface area contributed by atoms with Gasteiger partial charge in [-0.1, -0.05) is 0 Å². The fourth-order valence-corrected chi connectivity index (χ4v) is 1.86. The largest absolute Gasteiger partial charge is 0.404 e. The van der Waals surface area contributed by atoms with Gasteiger partial charge < -0.3 is 10.1 Å². The summed E-state index contributed by atoms with van der Waals surface area (Å²) in [5, 5.41) is 14.0. The summed E-state index contributed by atoms with van der Waals surface area (Å²) < 4.78 is 23.1. The number of nitro groups is 1. The summed E-state index contributed by atoms with van der Waals surface area (Å²) in [5.74, 6) is -0.415. The highest BCUT2D eigenvalue weighted by Gasteiger charge is 2.18. The number of rotatable bonds is 4. The summed E-state index contributed by atoms with van der Waals surface area (Å²) in [4.78, 5) is 9.78. The number of nitrogens with zero attached hydrogens (tertiary/aromatic N) is 3. The van der Waals surface area contributed by atoms with Gasteiger partial charge in [0, 0.05) is 6.26 Å². The van der Waals surface area contributed by atoms with E-state index in [1.54, 1.807) is 0 Å². The zero-order valence-corrected chi connectivity index (χ0v) is 10.2. The molecule has 0 saturated heterocycles. The van der Waals surface area contributed by atoms with E-state index in [0.29, 0.717) is 0 Å². The molecule has 0 aliphatic rings. The van der Waals surface area contributed by atoms with Crippen LogP contribution >= 0.6 is 15.9 Å². The van der Waals surface area contributed by atoms with Gasteiger partial charge in [-0.2, -0.15) is 4.68 Å². The first-order chi connectivity index (χ1) is 6.79. The molecule has 84 valence electrons. The SMILES string of the molecule is CS(=O)(=O)CCn1cc(Br)c([N+](=O)[O-])n1. The molecule has 0 radical (unpaired) electrons. The Bertz CT molecular complexity index is 481. The fraction of sp³-hybridized carbons (Fsp3) is 0.500. The number of aryl methyl sites for hydroxylation is 1. The molecule has 1 aromatic heterocycles. The molecule has 1 rings (SSSR count). The van der Waals surface area contributed by atoms with Gasteiger partial charge in [0.25, 0.3) is 0 Å². The third kappa shape index (κ3) is 3.59. The van der Waals surface area contributed by atoms with E-state index in [9.17, 15) is 18.5 Å². The molecule has 15 heavy (non-hydrogen) atoms. The van der Waals surface area contributed by atoms with E-state index in [1.807, 2.05) is 0 Å². The maximum absolute atomic E-state index is 10.8. The maximum atomic E-state index is 10.8. The normalized spacial score (nSPS) is 11.6. The van der Waals surface area contributed by atoms with E-state index >= 15 is 0 Å². The van der Waals surface area contributed by atoms with Gasteiger partial charge in [0.15, 0.2) is 0 Å². The van der Waals surface area contributed by atoms with E-state index in [2.05, 4.69) is 21.0 Å². The molecule has 0 aliphatic heterocycles. The molecule has 0 bridgehead atoms. The van der Waals surface area contributed by atoms with Crippen molar-refractivity contribution in [1.29, 1.82) is 0 Å². The molecule has 0 aromatic carbocycles. The van der Waals surface area contributed by atoms with E-state index in [-0.39, 0.29) is 22.6 Å². The van der Waals surface area contributed by atoms with Crippen LogP contribution in [-0.4, -0.2) is 35.1 Å². The molecule has 0 unspecified atom stereocenters. The minimum atomic E-state index is -3.09. The zero-order valence-electron chi connectivity index (χ0n) is 7.75. The quantitative estimate of drug-likeness (QED) is 0.599. The van der Waals surface area contributed by atoms with E-state index in [4.69, 9.17) is 0 Å². The topological polar surface area (TPSA) is 95.1 Å². The lowest BCUT2D eigenvalue weighted by molar-refractivity contribution is -0.390. The molecule has 9 heteroatoms. The predicted molar refractivity (Wildman–Crippen MR) is 56.3 cm³/mol. The minimum absolute atomic E-state index is 0.0989. The van der Waals surface area contributed by atoms with Gasteiger partial charge in [0.1, 0.15) is 14.3 Å². The lowest BCUT2D eigenvalue weighted by Crippen LogP contribution is -2.11. The Kier molecular flexibility index (Phi) is 3.45. The van der Waals surface area contributed by atoms with Crippen molar-refractivity contribution in [2.75, 3.05) is 12.0 Å². The second kappa shape index (κ2) is 4.27. The smallest absolute Gasteiger partial charge is 0.358 e. The van der Waals surface area contributed by atoms with Crippen LogP contribution in [0.2, 0.25) is 0 Å². The van der Waals surface area contributed by atoms with Crippen molar-refractivity contribution >= 4 is 31.6 Å². The van der Waals surface area contributed by atoms with Crippen LogP contribution in [0, 0.1) is 10.1 Å². The zero-order chi connectivity index (χ0) is 11.6. The van der Waals surface area contributed by atoms with E-state index in [1.165, 1.54) is 10.9 Å². The van der Waals surface area contributed by atoms with Gasteiger partial charge in [-0.3, -0.25) is 0 Å². The van der Waals surface area contributed by atoms with Gasteiger partial charge in [-0.25, -0.2) is 8.42 Å². The molecule has 1 aromatic rings. The summed E-state index contributed by atoms with van der Waals surface area (Å²) in [5.41, 5.74) is 0. The van der Waals surface area contributed by atoms with Crippen molar-refractivity contribution in [2.45, 2.75) is 6.54 Å². The third-order valence-electron chi connectivity index (χ3n) is 1.56. The lowest BCUT2D eigenvalue weighted by Gasteiger charge is -1.94. The average Bonchev–Trinajstić information content (AvgIpc) is 2.42. The predicted octanol–water partition coefficient (Wildman–Crippen LogP) is 0.598. The fourth-order valence-electron chi connectivity index (χ4n) is 0.884. The highest BCUT2D eigenvalue weighted by Crippen LogP contribution is 2.21. The van der Waals surface area contributed by atoms with Gasteiger partial charge in [0.05, 0.1) is 23.6 Å². The van der Waals surface area contributed by atoms with Crippen molar-refractivity contribution in [3.8, 4) is 0 Å². The first kappa shape index (κ1) is 12.1. The highest BCUT2D eigenvalue weighted by atomic mass is 79.9. The molecule has 0 N–H and O–H groups in total. The Morgan fingerprint density at radius 3 is 2.67 bits per heavy atom. The van der Waals surface area contributed by atoms with E-state index in [0.717, 1.165) is 6.26 Å².